The molecule has 3 heterocycles. The van der Waals surface area contributed by atoms with Crippen LogP contribution in [0.3, 0.4) is 0 Å². The maximum Gasteiger partial charge on any atom is 0.238 e. The molecule has 0 bridgehead atoms. The van der Waals surface area contributed by atoms with Gasteiger partial charge in [-0.05, 0) is 25.0 Å². The number of amides is 1. The number of nitrogens with one attached hydrogen (secondary N) is 1. The molecule has 0 saturated carbocycles. The molecule has 1 aromatic carbocycles. The normalized spacial score (nSPS) is 21.5. The number of carbonyl (C=O) groups excluding carboxylic acids is 2. The Kier molecular flexibility index (Phi) is 6.56. The largest absolute Gasteiger partial charge is 0.367 e. The molecule has 10 nitrogen and oxygen atoms in total. The summed E-state index contributed by atoms with van der Waals surface area (Å²) in [4.78, 5) is 25.5. The van der Waals surface area contributed by atoms with Gasteiger partial charge in [0.25, 0.3) is 0 Å². The molecule has 1 aromatic heterocycles. The summed E-state index contributed by atoms with van der Waals surface area (Å²) < 4.78 is 37.0. The van der Waals surface area contributed by atoms with E-state index in [2.05, 4.69) is 15.6 Å². The molecule has 2 aliphatic rings. The molecule has 1 unspecified atom stereocenters. The Morgan fingerprint density at radius 2 is 1.88 bits per heavy atom. The van der Waals surface area contributed by atoms with Crippen LogP contribution >= 0.6 is 0 Å². The van der Waals surface area contributed by atoms with E-state index in [4.69, 9.17) is 4.74 Å². The lowest BCUT2D eigenvalue weighted by molar-refractivity contribution is -0.121. The van der Waals surface area contributed by atoms with Crippen LogP contribution in [0, 0.1) is 11.6 Å². The number of aliphatic hydroxyl groups is 1. The first-order valence-corrected chi connectivity index (χ1v) is 10.7. The summed E-state index contributed by atoms with van der Waals surface area (Å²) in [5, 5.41) is 20.6. The monoisotopic (exact) mass is 464 g/mol. The first-order chi connectivity index (χ1) is 15.7. The average Bonchev–Trinajstić information content (AvgIpc) is 3.39. The number of aliphatic hydroxyl groups excluding tert-OH is 1. The topological polar surface area (TPSA) is 113 Å². The first kappa shape index (κ1) is 23.1. The third-order valence-electron chi connectivity index (χ3n) is 5.92. The van der Waals surface area contributed by atoms with Crippen molar-refractivity contribution in [2.24, 2.45) is 0 Å². The number of ether oxygens (including phenoxy) is 1. The van der Waals surface area contributed by atoms with Crippen molar-refractivity contribution in [1.82, 2.24) is 20.3 Å². The Balaban J connectivity index is 1.42. The SMILES string of the molecule is CC(=O)NC[C@H]1CN(c2cc(F)c(N3CCC(n4cc(C(C)=O)nn4)CC3)c(F)c2)C(O)O1. The molecule has 2 atom stereocenters. The number of carbonyl (C=O) groups is 2. The molecule has 0 aliphatic carbocycles. The lowest BCUT2D eigenvalue weighted by atomic mass is 10.0. The number of benzene rings is 1. The molecule has 33 heavy (non-hydrogen) atoms. The Morgan fingerprint density at radius 3 is 2.45 bits per heavy atom. The van der Waals surface area contributed by atoms with Gasteiger partial charge in [0.05, 0.1) is 24.9 Å². The molecular weight excluding hydrogens is 438 g/mol. The first-order valence-electron chi connectivity index (χ1n) is 10.7. The highest BCUT2D eigenvalue weighted by Gasteiger charge is 2.33. The molecule has 2 N–H and O–H groups in total. The summed E-state index contributed by atoms with van der Waals surface area (Å²) in [5.41, 5.74) is 0.322. The van der Waals surface area contributed by atoms with Crippen LogP contribution in [-0.4, -0.2) is 70.5 Å². The number of rotatable bonds is 6. The number of aromatic nitrogens is 3. The summed E-state index contributed by atoms with van der Waals surface area (Å²) in [5.74, 6) is -1.88. The second kappa shape index (κ2) is 9.40. The van der Waals surface area contributed by atoms with Crippen LogP contribution in [0.1, 0.15) is 43.2 Å². The Hall–Kier alpha value is -3.12. The zero-order valence-electron chi connectivity index (χ0n) is 18.4. The quantitative estimate of drug-likeness (QED) is 0.614. The highest BCUT2D eigenvalue weighted by molar-refractivity contribution is 5.91. The van der Waals surface area contributed by atoms with E-state index in [1.165, 1.54) is 30.9 Å². The van der Waals surface area contributed by atoms with Gasteiger partial charge in [0.2, 0.25) is 12.3 Å². The van der Waals surface area contributed by atoms with Crippen molar-refractivity contribution in [3.05, 3.63) is 35.7 Å². The average molecular weight is 464 g/mol. The minimum atomic E-state index is -1.37. The molecule has 0 radical (unpaired) electrons. The Labute approximate surface area is 189 Å². The van der Waals surface area contributed by atoms with E-state index in [1.54, 1.807) is 15.8 Å². The molecule has 1 amide bonds. The fourth-order valence-electron chi connectivity index (χ4n) is 4.19. The molecule has 12 heteroatoms. The van der Waals surface area contributed by atoms with Crippen molar-refractivity contribution in [2.45, 2.75) is 45.2 Å². The second-order valence-electron chi connectivity index (χ2n) is 8.29. The fraction of sp³-hybridized carbons (Fsp3) is 0.524. The summed E-state index contributed by atoms with van der Waals surface area (Å²) in [6.07, 6.45) is 0.900. The van der Waals surface area contributed by atoms with Crippen molar-refractivity contribution >= 4 is 23.1 Å². The van der Waals surface area contributed by atoms with Gasteiger partial charge in [-0.3, -0.25) is 9.59 Å². The molecule has 2 aliphatic heterocycles. The number of hydrogen-bond acceptors (Lipinski definition) is 8. The predicted molar refractivity (Wildman–Crippen MR) is 114 cm³/mol. The van der Waals surface area contributed by atoms with Crippen molar-refractivity contribution in [3.8, 4) is 0 Å². The van der Waals surface area contributed by atoms with Crippen LogP contribution in [0.4, 0.5) is 20.2 Å². The number of ketones is 1. The van der Waals surface area contributed by atoms with E-state index >= 15 is 0 Å². The summed E-state index contributed by atoms with van der Waals surface area (Å²) >= 11 is 0. The number of hydrogen-bond donors (Lipinski definition) is 2. The maximum atomic E-state index is 15.0. The van der Waals surface area contributed by atoms with Gasteiger partial charge in [0.15, 0.2) is 17.4 Å². The van der Waals surface area contributed by atoms with Crippen molar-refractivity contribution in [1.29, 1.82) is 0 Å². The summed E-state index contributed by atoms with van der Waals surface area (Å²) in [7, 11) is 0. The van der Waals surface area contributed by atoms with Crippen molar-refractivity contribution in [2.75, 3.05) is 36.0 Å². The van der Waals surface area contributed by atoms with E-state index < -0.39 is 24.2 Å². The van der Waals surface area contributed by atoms with Gasteiger partial charge in [-0.2, -0.15) is 0 Å². The van der Waals surface area contributed by atoms with Crippen molar-refractivity contribution in [3.63, 3.8) is 0 Å². The lowest BCUT2D eigenvalue weighted by Gasteiger charge is -2.34. The number of anilines is 2. The van der Waals surface area contributed by atoms with Crippen LogP contribution < -0.4 is 15.1 Å². The maximum absolute atomic E-state index is 15.0. The summed E-state index contributed by atoms with van der Waals surface area (Å²) in [6.45, 7) is 3.95. The molecule has 2 aromatic rings. The smallest absolute Gasteiger partial charge is 0.238 e. The molecular formula is C21H26F2N6O4. The fourth-order valence-corrected chi connectivity index (χ4v) is 4.19. The molecule has 2 saturated heterocycles. The van der Waals surface area contributed by atoms with Crippen LogP contribution in [0.2, 0.25) is 0 Å². The summed E-state index contributed by atoms with van der Waals surface area (Å²) in [6, 6.07) is 2.34. The van der Waals surface area contributed by atoms with E-state index in [0.717, 1.165) is 0 Å². The molecule has 4 rings (SSSR count). The molecule has 0 spiro atoms. The van der Waals surface area contributed by atoms with E-state index in [1.807, 2.05) is 0 Å². The van der Waals surface area contributed by atoms with Gasteiger partial charge >= 0.3 is 0 Å². The van der Waals surface area contributed by atoms with Crippen LogP contribution in [0.5, 0.6) is 0 Å². The molecule has 178 valence electrons. The van der Waals surface area contributed by atoms with Gasteiger partial charge in [0.1, 0.15) is 11.4 Å². The zero-order valence-corrected chi connectivity index (χ0v) is 18.4. The van der Waals surface area contributed by atoms with E-state index in [-0.39, 0.29) is 47.9 Å². The predicted octanol–water partition coefficient (Wildman–Crippen LogP) is 1.22. The van der Waals surface area contributed by atoms with E-state index in [9.17, 15) is 23.5 Å². The van der Waals surface area contributed by atoms with Crippen LogP contribution in [0.25, 0.3) is 0 Å². The van der Waals surface area contributed by atoms with Gasteiger partial charge in [-0.25, -0.2) is 13.5 Å². The lowest BCUT2D eigenvalue weighted by Crippen LogP contribution is -2.36. The van der Waals surface area contributed by atoms with Crippen molar-refractivity contribution < 1.29 is 28.2 Å². The number of halogens is 2. The van der Waals surface area contributed by atoms with Gasteiger partial charge in [-0.15, -0.1) is 5.10 Å². The highest BCUT2D eigenvalue weighted by atomic mass is 19.1. The van der Waals surface area contributed by atoms with Gasteiger partial charge in [-0.1, -0.05) is 5.21 Å². The Morgan fingerprint density at radius 1 is 1.21 bits per heavy atom. The molecule has 2 fully saturated rings. The van der Waals surface area contributed by atoms with Gasteiger partial charge in [0, 0.05) is 39.2 Å². The Bertz CT molecular complexity index is 1020. The number of nitrogens with zero attached hydrogens (tertiary/aromatic N) is 5. The third-order valence-corrected chi connectivity index (χ3v) is 5.92. The highest BCUT2D eigenvalue weighted by Crippen LogP contribution is 2.34. The second-order valence-corrected chi connectivity index (χ2v) is 8.29. The zero-order chi connectivity index (χ0) is 23.7. The van der Waals surface area contributed by atoms with Gasteiger partial charge < -0.3 is 25.0 Å². The standard InChI is InChI=1S/C21H26F2N6O4/c1-12(30)19-11-29(26-25-19)14-3-5-27(6-4-14)20-17(22)7-15(8-18(20)23)28-10-16(33-21(28)32)9-24-13(2)31/h7-8,11,14,16,21,32H,3-6,9-10H2,1-2H3,(H,24,31)/t16-,21?/m0/s1. The third kappa shape index (κ3) is 4.96. The number of piperidine rings is 1. The number of Topliss-reactive ketones (excluding diaryl/α,β-unsaturated/α-hetero) is 1. The van der Waals surface area contributed by atoms with E-state index in [0.29, 0.717) is 25.9 Å². The minimum absolute atomic E-state index is 0.00955. The van der Waals surface area contributed by atoms with Crippen LogP contribution in [-0.2, 0) is 9.53 Å². The van der Waals surface area contributed by atoms with Crippen LogP contribution in [0.15, 0.2) is 18.3 Å². The minimum Gasteiger partial charge on any atom is -0.367 e.